The monoisotopic (exact) mass is 1090 g/mol. The minimum atomic E-state index is -1.07. The Bertz CT molecular complexity index is 2630. The second-order valence-electron chi connectivity index (χ2n) is 19.3. The van der Waals surface area contributed by atoms with Crippen molar-refractivity contribution in [1.82, 2.24) is 40.1 Å². The largest absolute Gasteiger partial charge is 0.464 e. The lowest BCUT2D eigenvalue weighted by molar-refractivity contribution is -0.155. The van der Waals surface area contributed by atoms with Crippen molar-refractivity contribution in [2.75, 3.05) is 39.9 Å². The molecule has 1 spiro atoms. The summed E-state index contributed by atoms with van der Waals surface area (Å²) in [6.07, 6.45) is 4.22. The van der Waals surface area contributed by atoms with E-state index in [0.29, 0.717) is 63.3 Å². The highest BCUT2D eigenvalue weighted by Crippen LogP contribution is 2.44. The van der Waals surface area contributed by atoms with Gasteiger partial charge in [0.2, 0.25) is 11.8 Å². The van der Waals surface area contributed by atoms with Crippen LogP contribution in [0.5, 0.6) is 0 Å². The van der Waals surface area contributed by atoms with Gasteiger partial charge in [-0.05, 0) is 94.5 Å². The number of methoxy groups -OCH3 is 1. The van der Waals surface area contributed by atoms with Crippen LogP contribution in [-0.2, 0) is 52.8 Å². The second-order valence-corrected chi connectivity index (χ2v) is 20.3. The molecule has 15 nitrogen and oxygen atoms in total. The van der Waals surface area contributed by atoms with Gasteiger partial charge < -0.3 is 29.2 Å². The Morgan fingerprint density at radius 2 is 1.77 bits per heavy atom. The summed E-state index contributed by atoms with van der Waals surface area (Å²) in [4.78, 5) is 83.3. The standard InChI is InChI=1S/C50H62N8O7S.5H2S/c1-9-13-41(59)55-22-18-50(28-55)19-23-57(48(50)63)43(30(3)4)45(60)53-37-25-40-52-38(27-66-40)32-16-17-39-34(24-32)35(44(56(39)10-2)33-14-11-20-51-42(33)31(5)64-8)26-49(6,7)29-65-47(62)36-15-12-21-58(54-36)46(37)61;;;;;/h11,14,16-17,20,24,27,30-31,36-37,43,54H,10,12,15,18-19,21-23,25-26,28-29H2,1-8H3,(H,53,60);5*1H2/t31-,36-,37-,43-,50-;;;;;/m0...../s1. The van der Waals surface area contributed by atoms with Crippen molar-refractivity contribution in [3.05, 3.63) is 58.2 Å². The molecule has 1 aromatic carbocycles. The highest BCUT2D eigenvalue weighted by Gasteiger charge is 2.54. The molecule has 5 atom stereocenters. The normalized spacial score (nSPS) is 21.5. The van der Waals surface area contributed by atoms with E-state index in [2.05, 4.69) is 72.2 Å². The van der Waals surface area contributed by atoms with Crippen LogP contribution in [0.4, 0.5) is 0 Å². The number of carbonyl (C=O) groups excluding carboxylic acids is 5. The Kier molecular flexibility index (Phi) is 22.0. The van der Waals surface area contributed by atoms with Crippen molar-refractivity contribution in [2.24, 2.45) is 16.7 Å². The van der Waals surface area contributed by atoms with E-state index in [1.165, 1.54) is 16.3 Å². The number of ether oxygens (including phenoxy) is 2. The van der Waals surface area contributed by atoms with Crippen LogP contribution in [0.25, 0.3) is 33.4 Å². The van der Waals surface area contributed by atoms with Gasteiger partial charge in [0.25, 0.3) is 11.8 Å². The first kappa shape index (κ1) is 61.4. The zero-order chi connectivity index (χ0) is 47.1. The summed E-state index contributed by atoms with van der Waals surface area (Å²) in [5, 5.41) is 8.17. The van der Waals surface area contributed by atoms with Crippen LogP contribution in [-0.4, -0.2) is 117 Å². The highest BCUT2D eigenvalue weighted by molar-refractivity contribution is 7.60. The minimum Gasteiger partial charge on any atom is -0.464 e. The van der Waals surface area contributed by atoms with Gasteiger partial charge in [0.15, 0.2) is 0 Å². The minimum absolute atomic E-state index is 0. The Morgan fingerprint density at radius 1 is 1.04 bits per heavy atom. The van der Waals surface area contributed by atoms with Crippen molar-refractivity contribution in [1.29, 1.82) is 0 Å². The Labute approximate surface area is 456 Å². The highest BCUT2D eigenvalue weighted by atomic mass is 32.1. The number of amides is 4. The van der Waals surface area contributed by atoms with Gasteiger partial charge in [-0.25, -0.2) is 10.4 Å². The number of likely N-dealkylation sites (tertiary alicyclic amines) is 2. The quantitative estimate of drug-likeness (QED) is 0.152. The number of hydrogen-bond acceptors (Lipinski definition) is 11. The molecule has 0 radical (unpaired) electrons. The molecule has 3 fully saturated rings. The summed E-state index contributed by atoms with van der Waals surface area (Å²) in [7, 11) is 1.68. The number of pyridine rings is 1. The van der Waals surface area contributed by atoms with Crippen molar-refractivity contribution < 1.29 is 33.4 Å². The Morgan fingerprint density at radius 3 is 2.46 bits per heavy atom. The average Bonchev–Trinajstić information content (AvgIpc) is 4.10. The number of nitrogens with one attached hydrogen (secondary N) is 2. The van der Waals surface area contributed by atoms with Crippen molar-refractivity contribution >= 4 is 119 Å². The molecule has 71 heavy (non-hydrogen) atoms. The molecule has 6 bridgehead atoms. The predicted octanol–water partition coefficient (Wildman–Crippen LogP) is 6.27. The van der Waals surface area contributed by atoms with E-state index in [1.54, 1.807) is 30.0 Å². The molecular formula is C50H72N8O7S6. The fourth-order valence-corrected chi connectivity index (χ4v) is 11.2. The summed E-state index contributed by atoms with van der Waals surface area (Å²) in [6.45, 7) is 15.9. The van der Waals surface area contributed by atoms with Crippen molar-refractivity contribution in [3.8, 4) is 34.4 Å². The van der Waals surface area contributed by atoms with Crippen LogP contribution in [0.15, 0.2) is 41.9 Å². The van der Waals surface area contributed by atoms with Gasteiger partial charge in [0.1, 0.15) is 18.1 Å². The zero-order valence-corrected chi connectivity index (χ0v) is 47.7. The maximum Gasteiger partial charge on any atom is 0.324 e. The molecule has 0 aliphatic carbocycles. The summed E-state index contributed by atoms with van der Waals surface area (Å²) in [5.74, 6) is 3.17. The number of aromatic nitrogens is 3. The van der Waals surface area contributed by atoms with Gasteiger partial charge in [0.05, 0.1) is 40.2 Å². The molecule has 4 amide bonds. The number of cyclic esters (lactones) is 1. The molecule has 390 valence electrons. The molecule has 21 heteroatoms. The molecule has 0 saturated carbocycles. The zero-order valence-electron chi connectivity index (χ0n) is 41.9. The van der Waals surface area contributed by atoms with Gasteiger partial charge in [0, 0.05) is 85.3 Å². The van der Waals surface area contributed by atoms with Crippen LogP contribution < -0.4 is 10.7 Å². The van der Waals surface area contributed by atoms with Gasteiger partial charge in [-0.2, -0.15) is 67.5 Å². The number of hydrazine groups is 1. The van der Waals surface area contributed by atoms with E-state index in [4.69, 9.17) is 19.4 Å². The van der Waals surface area contributed by atoms with Crippen LogP contribution in [0.3, 0.4) is 0 Å². The maximum absolute atomic E-state index is 14.7. The SMILES string of the molecule is CC#CC(=O)N1CC[C@]2(CCN([C@H](C(=O)N[C@H]3Cc4nc(cs4)-c4ccc5c(c4)c(c(-c4cccnc4[C@H](C)OC)n5CC)CC(C)(C)COC(=O)[C@@H]4CCCN(N4)C3=O)C(C)C)C2=O)C1.S.S.S.S.S. The molecule has 3 aromatic heterocycles. The van der Waals surface area contributed by atoms with Crippen LogP contribution in [0.1, 0.15) is 96.5 Å². The number of aryl methyl sites for hydroxylation is 1. The topological polar surface area (TPSA) is 168 Å². The van der Waals surface area contributed by atoms with Gasteiger partial charge in [-0.3, -0.25) is 34.0 Å². The second kappa shape index (κ2) is 25.4. The lowest BCUT2D eigenvalue weighted by atomic mass is 9.84. The first-order valence-corrected chi connectivity index (χ1v) is 24.1. The van der Waals surface area contributed by atoms with Crippen LogP contribution in [0.2, 0.25) is 0 Å². The van der Waals surface area contributed by atoms with E-state index in [-0.39, 0.29) is 111 Å². The van der Waals surface area contributed by atoms with Crippen molar-refractivity contribution in [2.45, 2.75) is 118 Å². The third-order valence-electron chi connectivity index (χ3n) is 13.8. The van der Waals surface area contributed by atoms with Crippen molar-refractivity contribution in [3.63, 3.8) is 0 Å². The molecule has 0 unspecified atom stereocenters. The number of fused-ring (bicyclic) bond motifs is 6. The third-order valence-corrected chi connectivity index (χ3v) is 14.7. The molecule has 3 saturated heterocycles. The maximum atomic E-state index is 14.7. The number of thiazole rings is 1. The molecule has 7 heterocycles. The number of nitrogens with zero attached hydrogens (tertiary/aromatic N) is 6. The first-order chi connectivity index (χ1) is 31.6. The van der Waals surface area contributed by atoms with Gasteiger partial charge >= 0.3 is 5.97 Å². The third kappa shape index (κ3) is 12.4. The first-order valence-electron chi connectivity index (χ1n) is 23.2. The van der Waals surface area contributed by atoms with Gasteiger partial charge in [-0.1, -0.05) is 39.7 Å². The summed E-state index contributed by atoms with van der Waals surface area (Å²) in [5.41, 5.74) is 8.51. The molecular weight excluding hydrogens is 1020 g/mol. The van der Waals surface area contributed by atoms with Crippen LogP contribution >= 0.6 is 78.8 Å². The molecule has 2 N–H and O–H groups in total. The summed E-state index contributed by atoms with van der Waals surface area (Å²) < 4.78 is 14.2. The summed E-state index contributed by atoms with van der Waals surface area (Å²) in [6, 6.07) is 7.69. The fraction of sp³-hybridized carbons (Fsp3) is 0.540. The predicted molar refractivity (Wildman–Crippen MR) is 303 cm³/mol. The average molecular weight is 1090 g/mol. The van der Waals surface area contributed by atoms with E-state index in [9.17, 15) is 24.0 Å². The lowest BCUT2D eigenvalue weighted by Crippen LogP contribution is -2.62. The summed E-state index contributed by atoms with van der Waals surface area (Å²) >= 11 is 1.41. The van der Waals surface area contributed by atoms with E-state index in [1.807, 2.05) is 32.2 Å². The number of benzene rings is 1. The molecule has 4 aliphatic rings. The number of hydrogen-bond donors (Lipinski definition) is 2. The number of rotatable bonds is 8. The Hall–Kier alpha value is -3.88. The molecule has 8 rings (SSSR count). The van der Waals surface area contributed by atoms with Gasteiger partial charge in [-0.15, -0.1) is 11.3 Å². The van der Waals surface area contributed by atoms with E-state index < -0.39 is 46.7 Å². The number of esters is 1. The number of carbonyl (C=O) groups is 5. The van der Waals surface area contributed by atoms with E-state index >= 15 is 0 Å². The fourth-order valence-electron chi connectivity index (χ4n) is 10.3. The molecule has 4 aliphatic heterocycles. The lowest BCUT2D eigenvalue weighted by Gasteiger charge is -2.36. The smallest absolute Gasteiger partial charge is 0.324 e. The molecule has 4 aromatic rings. The van der Waals surface area contributed by atoms with E-state index in [0.717, 1.165) is 44.7 Å². The Balaban J connectivity index is 0.00000266. The van der Waals surface area contributed by atoms with Crippen LogP contribution in [0, 0.1) is 28.6 Å².